The molecule has 0 saturated carbocycles. The van der Waals surface area contributed by atoms with Crippen LogP contribution in [0.3, 0.4) is 0 Å². The van der Waals surface area contributed by atoms with Crippen molar-refractivity contribution in [2.45, 2.75) is 6.54 Å². The van der Waals surface area contributed by atoms with Crippen LogP contribution in [0.15, 0.2) is 47.0 Å². The number of nitrogens with zero attached hydrogens (tertiary/aromatic N) is 1. The fraction of sp³-hybridized carbons (Fsp3) is 0.118. The number of hydrogen-bond acceptors (Lipinski definition) is 4. The lowest BCUT2D eigenvalue weighted by atomic mass is 10.0. The fourth-order valence-corrected chi connectivity index (χ4v) is 2.89. The monoisotopic (exact) mass is 326 g/mol. The summed E-state index contributed by atoms with van der Waals surface area (Å²) < 4.78 is 5.80. The van der Waals surface area contributed by atoms with E-state index < -0.39 is 0 Å². The molecule has 0 aliphatic carbocycles. The highest BCUT2D eigenvalue weighted by atomic mass is 35.5. The first-order valence-corrected chi connectivity index (χ1v) is 7.68. The zero-order valence-corrected chi connectivity index (χ0v) is 13.2. The molecule has 0 aliphatic rings. The number of aromatic nitrogens is 2. The van der Waals surface area contributed by atoms with E-state index in [-0.39, 0.29) is 0 Å². The molecule has 0 atom stereocenters. The summed E-state index contributed by atoms with van der Waals surface area (Å²) in [5.74, 6) is 0.650. The Morgan fingerprint density at radius 2 is 2.13 bits per heavy atom. The van der Waals surface area contributed by atoms with Gasteiger partial charge >= 0.3 is 0 Å². The minimum atomic E-state index is 0.534. The third kappa shape index (κ3) is 2.59. The van der Waals surface area contributed by atoms with Crippen molar-refractivity contribution in [1.82, 2.24) is 20.8 Å². The summed E-state index contributed by atoms with van der Waals surface area (Å²) in [5.41, 5.74) is 10.7. The predicted molar refractivity (Wildman–Crippen MR) is 92.2 cm³/mol. The van der Waals surface area contributed by atoms with Crippen LogP contribution in [-0.4, -0.2) is 17.0 Å². The molecule has 6 heteroatoms. The second-order valence-corrected chi connectivity index (χ2v) is 5.72. The molecule has 2 aromatic heterocycles. The SMILES string of the molecule is CNNCc1nc2ccc(-c3c[nH]c4cc(Cl)ccc34)cc2o1. The largest absolute Gasteiger partial charge is 0.439 e. The van der Waals surface area contributed by atoms with Crippen LogP contribution in [0.2, 0.25) is 5.02 Å². The van der Waals surface area contributed by atoms with Gasteiger partial charge in [-0.05, 0) is 36.9 Å². The summed E-state index contributed by atoms with van der Waals surface area (Å²) in [6.07, 6.45) is 1.99. The van der Waals surface area contributed by atoms with Crippen molar-refractivity contribution in [1.29, 1.82) is 0 Å². The summed E-state index contributed by atoms with van der Waals surface area (Å²) in [4.78, 5) is 7.71. The number of halogens is 1. The quantitative estimate of drug-likeness (QED) is 0.498. The molecular weight excluding hydrogens is 312 g/mol. The van der Waals surface area contributed by atoms with Crippen LogP contribution in [-0.2, 0) is 6.54 Å². The van der Waals surface area contributed by atoms with E-state index in [9.17, 15) is 0 Å². The normalized spacial score (nSPS) is 11.6. The summed E-state index contributed by atoms with van der Waals surface area (Å²) in [6.45, 7) is 0.534. The van der Waals surface area contributed by atoms with Crippen LogP contribution in [0.5, 0.6) is 0 Å². The van der Waals surface area contributed by atoms with Crippen LogP contribution in [0, 0.1) is 0 Å². The molecule has 2 aromatic carbocycles. The number of nitrogens with one attached hydrogen (secondary N) is 3. The number of fused-ring (bicyclic) bond motifs is 2. The summed E-state index contributed by atoms with van der Waals surface area (Å²) in [6, 6.07) is 11.9. The Morgan fingerprint density at radius 3 is 3.00 bits per heavy atom. The molecule has 0 aliphatic heterocycles. The third-order valence-corrected chi connectivity index (χ3v) is 4.04. The van der Waals surface area contributed by atoms with E-state index in [0.717, 1.165) is 38.2 Å². The van der Waals surface area contributed by atoms with Gasteiger partial charge in [0.05, 0.1) is 6.54 Å². The van der Waals surface area contributed by atoms with Crippen molar-refractivity contribution < 1.29 is 4.42 Å². The zero-order chi connectivity index (χ0) is 15.8. The maximum atomic E-state index is 6.04. The van der Waals surface area contributed by atoms with Crippen molar-refractivity contribution in [2.75, 3.05) is 7.05 Å². The number of rotatable bonds is 4. The number of benzene rings is 2. The number of oxazole rings is 1. The van der Waals surface area contributed by atoms with Gasteiger partial charge in [-0.15, -0.1) is 0 Å². The van der Waals surface area contributed by atoms with Gasteiger partial charge in [0.15, 0.2) is 5.58 Å². The first-order valence-electron chi connectivity index (χ1n) is 7.30. The van der Waals surface area contributed by atoms with Crippen molar-refractivity contribution in [3.8, 4) is 11.1 Å². The Kier molecular flexibility index (Phi) is 3.53. The molecule has 0 unspecified atom stereocenters. The average molecular weight is 327 g/mol. The lowest BCUT2D eigenvalue weighted by Gasteiger charge is -1.99. The van der Waals surface area contributed by atoms with Crippen LogP contribution < -0.4 is 10.9 Å². The van der Waals surface area contributed by atoms with E-state index in [4.69, 9.17) is 16.0 Å². The zero-order valence-electron chi connectivity index (χ0n) is 12.5. The Labute approximate surface area is 137 Å². The lowest BCUT2D eigenvalue weighted by Crippen LogP contribution is -2.26. The highest BCUT2D eigenvalue weighted by Gasteiger charge is 2.10. The molecule has 0 spiro atoms. The molecule has 0 amide bonds. The van der Waals surface area contributed by atoms with E-state index in [1.807, 2.05) is 43.6 Å². The Hall–Kier alpha value is -2.34. The summed E-state index contributed by atoms with van der Waals surface area (Å²) in [7, 11) is 1.81. The van der Waals surface area contributed by atoms with Gasteiger partial charge in [-0.25, -0.2) is 10.4 Å². The smallest absolute Gasteiger partial charge is 0.210 e. The molecule has 4 rings (SSSR count). The van der Waals surface area contributed by atoms with Crippen LogP contribution >= 0.6 is 11.6 Å². The summed E-state index contributed by atoms with van der Waals surface area (Å²) in [5, 5.41) is 1.85. The predicted octanol–water partition coefficient (Wildman–Crippen LogP) is 3.85. The van der Waals surface area contributed by atoms with E-state index in [1.54, 1.807) is 0 Å². The van der Waals surface area contributed by atoms with E-state index in [0.29, 0.717) is 12.4 Å². The molecule has 23 heavy (non-hydrogen) atoms. The first kappa shape index (κ1) is 14.3. The van der Waals surface area contributed by atoms with Crippen molar-refractivity contribution >= 4 is 33.6 Å². The molecule has 5 nitrogen and oxygen atoms in total. The van der Waals surface area contributed by atoms with Crippen LogP contribution in [0.25, 0.3) is 33.1 Å². The second-order valence-electron chi connectivity index (χ2n) is 5.29. The highest BCUT2D eigenvalue weighted by molar-refractivity contribution is 6.31. The number of hydrazine groups is 1. The van der Waals surface area contributed by atoms with Gasteiger partial charge < -0.3 is 9.40 Å². The highest BCUT2D eigenvalue weighted by Crippen LogP contribution is 2.32. The van der Waals surface area contributed by atoms with Gasteiger partial charge in [0.1, 0.15) is 5.52 Å². The van der Waals surface area contributed by atoms with E-state index in [1.165, 1.54) is 0 Å². The Balaban J connectivity index is 1.78. The van der Waals surface area contributed by atoms with E-state index in [2.05, 4.69) is 26.9 Å². The molecule has 0 bridgehead atoms. The van der Waals surface area contributed by atoms with Crippen LogP contribution in [0.4, 0.5) is 0 Å². The minimum Gasteiger partial charge on any atom is -0.439 e. The third-order valence-electron chi connectivity index (χ3n) is 3.80. The molecule has 2 heterocycles. The first-order chi connectivity index (χ1) is 11.2. The topological polar surface area (TPSA) is 65.9 Å². The molecule has 0 radical (unpaired) electrons. The number of H-pyrrole nitrogens is 1. The maximum Gasteiger partial charge on any atom is 0.210 e. The molecule has 3 N–H and O–H groups in total. The molecule has 0 fully saturated rings. The molecule has 116 valence electrons. The standard InChI is InChI=1S/C17H15ClN4O/c1-19-21-9-17-22-14-5-2-10(6-16(14)23-17)13-8-20-15-7-11(18)3-4-12(13)15/h2-8,19-21H,9H2,1H3. The van der Waals surface area contributed by atoms with Crippen molar-refractivity contribution in [3.63, 3.8) is 0 Å². The average Bonchev–Trinajstić information content (AvgIpc) is 3.14. The van der Waals surface area contributed by atoms with E-state index >= 15 is 0 Å². The summed E-state index contributed by atoms with van der Waals surface area (Å²) >= 11 is 6.04. The number of hydrogen-bond donors (Lipinski definition) is 3. The maximum absolute atomic E-state index is 6.04. The van der Waals surface area contributed by atoms with Crippen molar-refractivity contribution in [3.05, 3.63) is 53.5 Å². The van der Waals surface area contributed by atoms with Gasteiger partial charge in [0, 0.05) is 27.7 Å². The molecular formula is C17H15ClN4O. The molecule has 0 saturated heterocycles. The van der Waals surface area contributed by atoms with Gasteiger partial charge in [-0.1, -0.05) is 23.7 Å². The second kappa shape index (κ2) is 5.70. The van der Waals surface area contributed by atoms with Gasteiger partial charge in [-0.2, -0.15) is 0 Å². The van der Waals surface area contributed by atoms with Crippen LogP contribution in [0.1, 0.15) is 5.89 Å². The van der Waals surface area contributed by atoms with Gasteiger partial charge in [0.25, 0.3) is 0 Å². The fourth-order valence-electron chi connectivity index (χ4n) is 2.72. The lowest BCUT2D eigenvalue weighted by molar-refractivity contribution is 0.471. The Morgan fingerprint density at radius 1 is 1.22 bits per heavy atom. The Bertz CT molecular complexity index is 989. The van der Waals surface area contributed by atoms with Crippen molar-refractivity contribution in [2.24, 2.45) is 0 Å². The van der Waals surface area contributed by atoms with Gasteiger partial charge in [-0.3, -0.25) is 5.43 Å². The number of aromatic amines is 1. The minimum absolute atomic E-state index is 0.534. The molecule has 4 aromatic rings. The van der Waals surface area contributed by atoms with Gasteiger partial charge in [0.2, 0.25) is 5.89 Å².